The first-order valence-electron chi connectivity index (χ1n) is 9.74. The first kappa shape index (κ1) is 21.7. The predicted molar refractivity (Wildman–Crippen MR) is 108 cm³/mol. The summed E-state index contributed by atoms with van der Waals surface area (Å²) in [5.74, 6) is 6.42. The Morgan fingerprint density at radius 1 is 1.22 bits per heavy atom. The molecule has 2 rings (SSSR count). The molecule has 0 aliphatic carbocycles. The van der Waals surface area contributed by atoms with Crippen LogP contribution in [-0.2, 0) is 10.0 Å². The van der Waals surface area contributed by atoms with Gasteiger partial charge in [0.05, 0.1) is 7.11 Å². The maximum absolute atomic E-state index is 12.5. The molecule has 5 nitrogen and oxygen atoms in total. The van der Waals surface area contributed by atoms with Crippen molar-refractivity contribution < 1.29 is 18.3 Å². The molecule has 0 spiro atoms. The van der Waals surface area contributed by atoms with E-state index in [2.05, 4.69) is 18.8 Å². The lowest BCUT2D eigenvalue weighted by Gasteiger charge is -2.31. The summed E-state index contributed by atoms with van der Waals surface area (Å²) < 4.78 is 31.8. The Morgan fingerprint density at radius 3 is 2.48 bits per heavy atom. The fourth-order valence-corrected chi connectivity index (χ4v) is 4.80. The van der Waals surface area contributed by atoms with Gasteiger partial charge in [-0.1, -0.05) is 37.8 Å². The molecule has 150 valence electrons. The van der Waals surface area contributed by atoms with E-state index in [9.17, 15) is 13.5 Å². The van der Waals surface area contributed by atoms with Crippen molar-refractivity contribution in [3.05, 3.63) is 29.8 Å². The third-order valence-corrected chi connectivity index (χ3v) is 6.87. The monoisotopic (exact) mass is 393 g/mol. The van der Waals surface area contributed by atoms with Gasteiger partial charge in [-0.2, -0.15) is 0 Å². The van der Waals surface area contributed by atoms with E-state index in [1.807, 2.05) is 24.3 Å². The second kappa shape index (κ2) is 10.7. The molecule has 0 aromatic heterocycles. The number of unbranched alkanes of at least 4 members (excludes halogenated alkanes) is 3. The lowest BCUT2D eigenvalue weighted by Crippen LogP contribution is -2.41. The number of rotatable bonds is 8. The Hall–Kier alpha value is -1.55. The quantitative estimate of drug-likeness (QED) is 0.544. The molecule has 1 aromatic carbocycles. The standard InChI is InChI=1S/C21H31NO4S/c1-3-4-5-6-7-8-20(23)17-27(24,25)22-15-13-19(14-16-22)18-9-11-21(26-2)12-10-18/h9-12,19-20,23H,3-6,13-17H2,1-2H3. The second-order valence-corrected chi connectivity index (χ2v) is 9.03. The van der Waals surface area contributed by atoms with Gasteiger partial charge in [-0.3, -0.25) is 0 Å². The van der Waals surface area contributed by atoms with Crippen LogP contribution in [0.1, 0.15) is 56.9 Å². The smallest absolute Gasteiger partial charge is 0.217 e. The summed E-state index contributed by atoms with van der Waals surface area (Å²) in [6, 6.07) is 7.97. The number of aliphatic hydroxyl groups is 1. The lowest BCUT2D eigenvalue weighted by atomic mass is 9.90. The van der Waals surface area contributed by atoms with Crippen molar-refractivity contribution in [3.8, 4) is 17.6 Å². The zero-order valence-corrected chi connectivity index (χ0v) is 17.2. The van der Waals surface area contributed by atoms with Gasteiger partial charge in [-0.25, -0.2) is 12.7 Å². The summed E-state index contributed by atoms with van der Waals surface area (Å²) in [4.78, 5) is 0. The number of hydrogen-bond acceptors (Lipinski definition) is 4. The van der Waals surface area contributed by atoms with Crippen molar-refractivity contribution in [3.63, 3.8) is 0 Å². The van der Waals surface area contributed by atoms with E-state index >= 15 is 0 Å². The van der Waals surface area contributed by atoms with Crippen molar-refractivity contribution in [2.75, 3.05) is 26.0 Å². The van der Waals surface area contributed by atoms with Crippen LogP contribution in [0.2, 0.25) is 0 Å². The molecule has 0 saturated carbocycles. The van der Waals surface area contributed by atoms with Crippen LogP contribution >= 0.6 is 0 Å². The highest BCUT2D eigenvalue weighted by molar-refractivity contribution is 7.89. The van der Waals surface area contributed by atoms with E-state index in [4.69, 9.17) is 4.74 Å². The van der Waals surface area contributed by atoms with Crippen molar-refractivity contribution in [2.24, 2.45) is 0 Å². The fraction of sp³-hybridized carbons (Fsp3) is 0.619. The number of piperidine rings is 1. The molecular weight excluding hydrogens is 362 g/mol. The Kier molecular flexibility index (Phi) is 8.62. The van der Waals surface area contributed by atoms with E-state index in [1.165, 1.54) is 9.87 Å². The number of sulfonamides is 1. The third kappa shape index (κ3) is 6.84. The van der Waals surface area contributed by atoms with Gasteiger partial charge in [0.25, 0.3) is 0 Å². The number of methoxy groups -OCH3 is 1. The Balaban J connectivity index is 1.84. The number of nitrogens with zero attached hydrogens (tertiary/aromatic N) is 1. The minimum absolute atomic E-state index is 0.318. The molecule has 1 heterocycles. The van der Waals surface area contributed by atoms with E-state index in [0.717, 1.165) is 37.9 Å². The largest absolute Gasteiger partial charge is 0.497 e. The molecule has 1 N–H and O–H groups in total. The molecule has 1 atom stereocenters. The number of aliphatic hydroxyl groups excluding tert-OH is 1. The van der Waals surface area contributed by atoms with Gasteiger partial charge in [0.1, 0.15) is 17.6 Å². The maximum Gasteiger partial charge on any atom is 0.217 e. The minimum atomic E-state index is -3.49. The summed E-state index contributed by atoms with van der Waals surface area (Å²) in [5.41, 5.74) is 1.21. The fourth-order valence-electron chi connectivity index (χ4n) is 3.34. The van der Waals surface area contributed by atoms with Crippen molar-refractivity contribution in [2.45, 2.75) is 57.5 Å². The van der Waals surface area contributed by atoms with E-state index < -0.39 is 16.1 Å². The van der Waals surface area contributed by atoms with Crippen LogP contribution in [0, 0.1) is 11.8 Å². The van der Waals surface area contributed by atoms with Crippen LogP contribution in [0.4, 0.5) is 0 Å². The zero-order valence-electron chi connectivity index (χ0n) is 16.4. The van der Waals surface area contributed by atoms with Crippen molar-refractivity contribution >= 4 is 10.0 Å². The van der Waals surface area contributed by atoms with Gasteiger partial charge < -0.3 is 9.84 Å². The molecule has 0 amide bonds. The molecule has 1 fully saturated rings. The predicted octanol–water partition coefficient (Wildman–Crippen LogP) is 3.15. The summed E-state index contributed by atoms with van der Waals surface area (Å²) in [6.45, 7) is 3.08. The minimum Gasteiger partial charge on any atom is -0.497 e. The zero-order chi connectivity index (χ0) is 19.7. The molecule has 1 aliphatic rings. The number of ether oxygens (including phenoxy) is 1. The van der Waals surface area contributed by atoms with Crippen LogP contribution in [0.25, 0.3) is 0 Å². The van der Waals surface area contributed by atoms with Crippen LogP contribution in [0.15, 0.2) is 24.3 Å². The molecule has 1 aromatic rings. The van der Waals surface area contributed by atoms with Crippen LogP contribution < -0.4 is 4.74 Å². The van der Waals surface area contributed by atoms with Gasteiger partial charge in [0.2, 0.25) is 10.0 Å². The van der Waals surface area contributed by atoms with Crippen molar-refractivity contribution in [1.29, 1.82) is 0 Å². The Morgan fingerprint density at radius 2 is 1.89 bits per heavy atom. The summed E-state index contributed by atoms with van der Waals surface area (Å²) in [7, 11) is -1.84. The molecule has 0 bridgehead atoms. The number of hydrogen-bond donors (Lipinski definition) is 1. The van der Waals surface area contributed by atoms with Crippen LogP contribution in [-0.4, -0.2) is 49.9 Å². The Labute approximate surface area is 163 Å². The van der Waals surface area contributed by atoms with Gasteiger partial charge in [-0.15, -0.1) is 5.92 Å². The van der Waals surface area contributed by atoms with Crippen LogP contribution in [0.3, 0.4) is 0 Å². The van der Waals surface area contributed by atoms with Crippen molar-refractivity contribution in [1.82, 2.24) is 4.31 Å². The van der Waals surface area contributed by atoms with E-state index in [0.29, 0.717) is 25.4 Å². The average molecular weight is 394 g/mol. The average Bonchev–Trinajstić information content (AvgIpc) is 2.67. The summed E-state index contributed by atoms with van der Waals surface area (Å²) >= 11 is 0. The first-order chi connectivity index (χ1) is 13.0. The van der Waals surface area contributed by atoms with Crippen LogP contribution in [0.5, 0.6) is 5.75 Å². The second-order valence-electron chi connectivity index (χ2n) is 7.02. The normalized spacial score (nSPS) is 17.1. The third-order valence-electron chi connectivity index (χ3n) is 4.98. The highest BCUT2D eigenvalue weighted by atomic mass is 32.2. The molecular formula is C21H31NO4S. The lowest BCUT2D eigenvalue weighted by molar-refractivity contribution is 0.249. The van der Waals surface area contributed by atoms with Gasteiger partial charge in [-0.05, 0) is 42.9 Å². The molecule has 1 unspecified atom stereocenters. The molecule has 27 heavy (non-hydrogen) atoms. The van der Waals surface area contributed by atoms with Gasteiger partial charge in [0.15, 0.2) is 0 Å². The summed E-state index contributed by atoms with van der Waals surface area (Å²) in [6.07, 6.45) is 4.36. The van der Waals surface area contributed by atoms with E-state index in [1.54, 1.807) is 7.11 Å². The topological polar surface area (TPSA) is 66.8 Å². The molecule has 1 aliphatic heterocycles. The first-order valence-corrected chi connectivity index (χ1v) is 11.4. The van der Waals surface area contributed by atoms with E-state index in [-0.39, 0.29) is 5.75 Å². The highest BCUT2D eigenvalue weighted by Crippen LogP contribution is 2.30. The SMILES string of the molecule is CCCCCC#CC(O)CS(=O)(=O)N1CCC(c2ccc(OC)cc2)CC1. The highest BCUT2D eigenvalue weighted by Gasteiger charge is 2.29. The van der Waals surface area contributed by atoms with Gasteiger partial charge in [0, 0.05) is 19.5 Å². The molecule has 6 heteroatoms. The summed E-state index contributed by atoms with van der Waals surface area (Å²) in [5, 5.41) is 9.96. The number of benzene rings is 1. The molecule has 1 saturated heterocycles. The Bertz CT molecular complexity index is 726. The maximum atomic E-state index is 12.5. The molecule has 0 radical (unpaired) electrons. The van der Waals surface area contributed by atoms with Gasteiger partial charge >= 0.3 is 0 Å².